The van der Waals surface area contributed by atoms with E-state index in [1.807, 2.05) is 62.5 Å². The van der Waals surface area contributed by atoms with Crippen LogP contribution in [-0.4, -0.2) is 24.5 Å². The lowest BCUT2D eigenvalue weighted by atomic mass is 9.95. The molecule has 0 unspecified atom stereocenters. The first-order valence-electron chi connectivity index (χ1n) is 11.6. The van der Waals surface area contributed by atoms with Gasteiger partial charge in [-0.2, -0.15) is 4.98 Å². The van der Waals surface area contributed by atoms with Crippen molar-refractivity contribution in [1.82, 2.24) is 24.5 Å². The van der Waals surface area contributed by atoms with Gasteiger partial charge in [-0.15, -0.1) is 0 Å². The van der Waals surface area contributed by atoms with E-state index in [9.17, 15) is 4.79 Å². The van der Waals surface area contributed by atoms with Crippen molar-refractivity contribution in [3.63, 3.8) is 0 Å². The Labute approximate surface area is 205 Å². The first-order valence-corrected chi connectivity index (χ1v) is 11.6. The summed E-state index contributed by atoms with van der Waals surface area (Å²) in [6, 6.07) is 13.5. The molecule has 0 N–H and O–H groups in total. The Balaban J connectivity index is 1.71. The zero-order valence-electron chi connectivity index (χ0n) is 21.4. The Morgan fingerprint density at radius 1 is 0.943 bits per heavy atom. The molecule has 35 heavy (non-hydrogen) atoms. The molecule has 7 nitrogen and oxygen atoms in total. The highest BCUT2D eigenvalue weighted by Crippen LogP contribution is 2.27. The van der Waals surface area contributed by atoms with E-state index in [4.69, 9.17) is 9.72 Å². The van der Waals surface area contributed by atoms with Crippen molar-refractivity contribution in [2.75, 3.05) is 0 Å². The van der Waals surface area contributed by atoms with E-state index < -0.39 is 0 Å². The van der Waals surface area contributed by atoms with Crippen molar-refractivity contribution < 1.29 is 4.74 Å². The van der Waals surface area contributed by atoms with Gasteiger partial charge in [-0.1, -0.05) is 39.0 Å². The second-order valence-corrected chi connectivity index (χ2v) is 9.81. The summed E-state index contributed by atoms with van der Waals surface area (Å²) in [7, 11) is 0. The van der Waals surface area contributed by atoms with Crippen LogP contribution >= 0.6 is 0 Å². The minimum absolute atomic E-state index is 0.168. The molecule has 4 rings (SSSR count). The molecule has 1 aromatic carbocycles. The fourth-order valence-electron chi connectivity index (χ4n) is 3.84. The predicted molar refractivity (Wildman–Crippen MR) is 137 cm³/mol. The van der Waals surface area contributed by atoms with Crippen molar-refractivity contribution >= 4 is 0 Å². The number of aryl methyl sites for hydroxylation is 3. The van der Waals surface area contributed by atoms with Crippen LogP contribution < -0.4 is 10.3 Å². The van der Waals surface area contributed by atoms with Crippen LogP contribution in [-0.2, 0) is 12.0 Å². The van der Waals surface area contributed by atoms with Gasteiger partial charge in [0.2, 0.25) is 5.88 Å². The minimum atomic E-state index is -0.170. The van der Waals surface area contributed by atoms with Crippen LogP contribution in [0.2, 0.25) is 0 Å². The summed E-state index contributed by atoms with van der Waals surface area (Å²) in [6.45, 7) is 14.0. The van der Waals surface area contributed by atoms with Gasteiger partial charge in [0.15, 0.2) is 0 Å². The average molecular weight is 470 g/mol. The molecular formula is C28H31N5O2. The monoisotopic (exact) mass is 469 g/mol. The smallest absolute Gasteiger partial charge is 0.264 e. The highest BCUT2D eigenvalue weighted by molar-refractivity contribution is 5.65. The standard InChI is InChI=1S/C28H31N5O2/c1-17-15-29-27(28(5,6)7)32-24(17)21-11-9-13-23(14-21)33-20(4)31-25(19(3)26(33)34)35-16-22-12-8-10-18(2)30-22/h8-15H,16H2,1-7H3. The number of benzene rings is 1. The Morgan fingerprint density at radius 3 is 2.40 bits per heavy atom. The molecule has 0 aliphatic heterocycles. The Morgan fingerprint density at radius 2 is 1.69 bits per heavy atom. The first-order chi connectivity index (χ1) is 16.5. The van der Waals surface area contributed by atoms with Crippen LogP contribution in [0.4, 0.5) is 0 Å². The molecule has 0 aliphatic rings. The quantitative estimate of drug-likeness (QED) is 0.400. The van der Waals surface area contributed by atoms with Crippen molar-refractivity contribution in [3.05, 3.63) is 93.2 Å². The van der Waals surface area contributed by atoms with Gasteiger partial charge >= 0.3 is 0 Å². The van der Waals surface area contributed by atoms with Crippen molar-refractivity contribution in [2.24, 2.45) is 0 Å². The second kappa shape index (κ2) is 9.41. The van der Waals surface area contributed by atoms with Gasteiger partial charge in [-0.3, -0.25) is 14.3 Å². The summed E-state index contributed by atoms with van der Waals surface area (Å²) in [5, 5.41) is 0. The molecule has 0 saturated carbocycles. The molecule has 0 amide bonds. The number of pyridine rings is 1. The molecule has 4 aromatic rings. The number of aromatic nitrogens is 5. The van der Waals surface area contributed by atoms with Crippen LogP contribution in [0.5, 0.6) is 5.88 Å². The number of hydrogen-bond donors (Lipinski definition) is 0. The summed E-state index contributed by atoms with van der Waals surface area (Å²) in [4.78, 5) is 31.8. The van der Waals surface area contributed by atoms with E-state index in [0.29, 0.717) is 17.3 Å². The zero-order chi connectivity index (χ0) is 25.3. The van der Waals surface area contributed by atoms with Crippen LogP contribution in [0, 0.1) is 27.7 Å². The van der Waals surface area contributed by atoms with Crippen LogP contribution in [0.25, 0.3) is 16.9 Å². The third-order valence-corrected chi connectivity index (χ3v) is 5.75. The Hall–Kier alpha value is -3.87. The molecule has 3 heterocycles. The lowest BCUT2D eigenvalue weighted by Crippen LogP contribution is -2.25. The Kier molecular flexibility index (Phi) is 6.52. The minimum Gasteiger partial charge on any atom is -0.471 e. The van der Waals surface area contributed by atoms with E-state index >= 15 is 0 Å². The second-order valence-electron chi connectivity index (χ2n) is 9.81. The van der Waals surface area contributed by atoms with Gasteiger partial charge in [0, 0.05) is 22.9 Å². The average Bonchev–Trinajstić information content (AvgIpc) is 2.80. The molecule has 3 aromatic heterocycles. The largest absolute Gasteiger partial charge is 0.471 e. The lowest BCUT2D eigenvalue weighted by molar-refractivity contribution is 0.284. The van der Waals surface area contributed by atoms with Gasteiger partial charge in [0.05, 0.1) is 22.6 Å². The maximum atomic E-state index is 13.4. The van der Waals surface area contributed by atoms with Gasteiger partial charge in [0.25, 0.3) is 5.56 Å². The molecule has 0 saturated heterocycles. The summed E-state index contributed by atoms with van der Waals surface area (Å²) in [5.74, 6) is 1.64. The molecule has 0 radical (unpaired) electrons. The van der Waals surface area contributed by atoms with E-state index in [1.165, 1.54) is 0 Å². The highest BCUT2D eigenvalue weighted by atomic mass is 16.5. The number of ether oxygens (including phenoxy) is 1. The molecule has 0 bridgehead atoms. The maximum absolute atomic E-state index is 13.4. The van der Waals surface area contributed by atoms with Gasteiger partial charge in [-0.05, 0) is 57.5 Å². The SMILES string of the molecule is Cc1cccc(COc2nc(C)n(-c3cccc(-c4nc(C(C)(C)C)ncc4C)c3)c(=O)c2C)n1. The molecule has 0 spiro atoms. The molecule has 0 aliphatic carbocycles. The van der Waals surface area contributed by atoms with Crippen molar-refractivity contribution in [2.45, 2.75) is 60.5 Å². The van der Waals surface area contributed by atoms with E-state index in [-0.39, 0.29) is 17.6 Å². The van der Waals surface area contributed by atoms with Gasteiger partial charge in [-0.25, -0.2) is 9.97 Å². The fourth-order valence-corrected chi connectivity index (χ4v) is 3.84. The summed E-state index contributed by atoms with van der Waals surface area (Å²) >= 11 is 0. The lowest BCUT2D eigenvalue weighted by Gasteiger charge is -2.18. The van der Waals surface area contributed by atoms with E-state index in [0.717, 1.165) is 39.7 Å². The van der Waals surface area contributed by atoms with E-state index in [2.05, 4.69) is 35.7 Å². The molecule has 180 valence electrons. The number of nitrogens with zero attached hydrogens (tertiary/aromatic N) is 5. The number of hydrogen-bond acceptors (Lipinski definition) is 6. The topological polar surface area (TPSA) is 82.8 Å². The van der Waals surface area contributed by atoms with Crippen LogP contribution in [0.15, 0.2) is 53.5 Å². The Bertz CT molecular complexity index is 1450. The summed E-state index contributed by atoms with van der Waals surface area (Å²) in [6.07, 6.45) is 1.86. The third-order valence-electron chi connectivity index (χ3n) is 5.75. The van der Waals surface area contributed by atoms with Crippen molar-refractivity contribution in [3.8, 4) is 22.8 Å². The predicted octanol–water partition coefficient (Wildman–Crippen LogP) is 5.19. The van der Waals surface area contributed by atoms with E-state index in [1.54, 1.807) is 18.4 Å². The molecular weight excluding hydrogens is 438 g/mol. The highest BCUT2D eigenvalue weighted by Gasteiger charge is 2.20. The third kappa shape index (κ3) is 5.14. The van der Waals surface area contributed by atoms with Crippen LogP contribution in [0.3, 0.4) is 0 Å². The maximum Gasteiger partial charge on any atom is 0.264 e. The fraction of sp³-hybridized carbons (Fsp3) is 0.321. The molecule has 0 atom stereocenters. The van der Waals surface area contributed by atoms with Gasteiger partial charge < -0.3 is 4.74 Å². The van der Waals surface area contributed by atoms with Crippen molar-refractivity contribution in [1.29, 1.82) is 0 Å². The van der Waals surface area contributed by atoms with Crippen LogP contribution in [0.1, 0.15) is 54.9 Å². The number of rotatable bonds is 5. The summed E-state index contributed by atoms with van der Waals surface area (Å²) in [5.41, 5.74) is 5.28. The zero-order valence-corrected chi connectivity index (χ0v) is 21.4. The first kappa shape index (κ1) is 24.3. The molecule has 0 fully saturated rings. The normalized spacial score (nSPS) is 11.5. The molecule has 7 heteroatoms. The summed E-state index contributed by atoms with van der Waals surface area (Å²) < 4.78 is 7.49. The van der Waals surface area contributed by atoms with Gasteiger partial charge in [0.1, 0.15) is 18.3 Å².